The molecule has 1 unspecified atom stereocenters. The van der Waals surface area contributed by atoms with E-state index in [9.17, 15) is 22.4 Å². The number of fused-ring (bicyclic) bond motifs is 1. The van der Waals surface area contributed by atoms with Gasteiger partial charge in [-0.3, -0.25) is 4.79 Å². The minimum Gasteiger partial charge on any atom is -0.475 e. The highest BCUT2D eigenvalue weighted by Crippen LogP contribution is 2.27. The highest BCUT2D eigenvalue weighted by molar-refractivity contribution is 5.92. The van der Waals surface area contributed by atoms with Crippen LogP contribution >= 0.6 is 0 Å². The first kappa shape index (κ1) is 26.7. The van der Waals surface area contributed by atoms with Crippen LogP contribution in [0.1, 0.15) is 40.8 Å². The van der Waals surface area contributed by atoms with Crippen molar-refractivity contribution in [2.75, 3.05) is 13.1 Å². The molecule has 1 aliphatic rings. The standard InChI is InChI=1S/C24H22FN5O.C2HF3O2/c1-16-5-2-9-21(26-16)24(31)29-12-4-7-19(14-29)23-27-22-11-10-18(15-30(22)28-23)17-6-3-8-20(25)13-17;3-2(4,5)1(6)7/h2-3,5-6,8-11,13,15,19H,4,7,12,14H2,1H3;(H,6,7). The van der Waals surface area contributed by atoms with Gasteiger partial charge in [-0.15, -0.1) is 0 Å². The van der Waals surface area contributed by atoms with Gasteiger partial charge in [-0.25, -0.2) is 23.7 Å². The molecular weight excluding hydrogens is 506 g/mol. The van der Waals surface area contributed by atoms with Crippen molar-refractivity contribution in [3.8, 4) is 11.1 Å². The number of aromatic nitrogens is 4. The summed E-state index contributed by atoms with van der Waals surface area (Å²) in [4.78, 5) is 32.7. The van der Waals surface area contributed by atoms with E-state index in [0.717, 1.165) is 41.1 Å². The minimum absolute atomic E-state index is 0.0504. The van der Waals surface area contributed by atoms with Gasteiger partial charge in [0.1, 0.15) is 11.5 Å². The summed E-state index contributed by atoms with van der Waals surface area (Å²) in [5.74, 6) is -2.28. The SMILES string of the molecule is Cc1cccc(C(=O)N2CCCC(c3nc4ccc(-c5cccc(F)c5)cn4n3)C2)n1.O=C(O)C(F)(F)F. The Labute approximate surface area is 214 Å². The normalized spacial score (nSPS) is 15.6. The van der Waals surface area contributed by atoms with Crippen LogP contribution in [-0.4, -0.2) is 60.7 Å². The number of pyridine rings is 2. The minimum atomic E-state index is -5.08. The number of piperidine rings is 1. The predicted molar refractivity (Wildman–Crippen MR) is 129 cm³/mol. The molecular formula is C26H23F4N5O3. The first-order valence-electron chi connectivity index (χ1n) is 11.7. The van der Waals surface area contributed by atoms with Gasteiger partial charge in [0.2, 0.25) is 0 Å². The number of rotatable bonds is 3. The number of aliphatic carboxylic acids is 1. The zero-order valence-corrected chi connectivity index (χ0v) is 20.2. The first-order valence-corrected chi connectivity index (χ1v) is 11.7. The fraction of sp³-hybridized carbons (Fsp3) is 0.269. The molecule has 1 aromatic carbocycles. The van der Waals surface area contributed by atoms with Crippen molar-refractivity contribution < 1.29 is 32.3 Å². The first-order chi connectivity index (χ1) is 18.0. The molecule has 1 aliphatic heterocycles. The maximum atomic E-state index is 13.6. The van der Waals surface area contributed by atoms with E-state index in [4.69, 9.17) is 14.9 Å². The fourth-order valence-electron chi connectivity index (χ4n) is 4.11. The number of nitrogens with zero attached hydrogens (tertiary/aromatic N) is 5. The summed E-state index contributed by atoms with van der Waals surface area (Å²) in [5.41, 5.74) is 3.70. The van der Waals surface area contributed by atoms with E-state index in [1.165, 1.54) is 12.1 Å². The van der Waals surface area contributed by atoms with Gasteiger partial charge in [0.25, 0.3) is 5.91 Å². The maximum absolute atomic E-state index is 13.6. The lowest BCUT2D eigenvalue weighted by molar-refractivity contribution is -0.192. The predicted octanol–water partition coefficient (Wildman–Crippen LogP) is 4.89. The topological polar surface area (TPSA) is 101 Å². The lowest BCUT2D eigenvalue weighted by Crippen LogP contribution is -2.39. The van der Waals surface area contributed by atoms with Crippen LogP contribution in [-0.2, 0) is 4.79 Å². The molecule has 198 valence electrons. The molecule has 1 N–H and O–H groups in total. The van der Waals surface area contributed by atoms with E-state index in [1.807, 2.05) is 48.4 Å². The second-order valence-electron chi connectivity index (χ2n) is 8.76. The molecule has 0 radical (unpaired) electrons. The van der Waals surface area contributed by atoms with E-state index >= 15 is 0 Å². The number of alkyl halides is 3. The molecule has 0 aliphatic carbocycles. The second kappa shape index (κ2) is 11.0. The second-order valence-corrected chi connectivity index (χ2v) is 8.76. The van der Waals surface area contributed by atoms with Crippen molar-refractivity contribution in [2.45, 2.75) is 31.9 Å². The van der Waals surface area contributed by atoms with Crippen LogP contribution in [0.15, 0.2) is 60.8 Å². The average Bonchev–Trinajstić information content (AvgIpc) is 3.32. The van der Waals surface area contributed by atoms with Gasteiger partial charge in [0.05, 0.1) is 0 Å². The monoisotopic (exact) mass is 529 g/mol. The van der Waals surface area contributed by atoms with Gasteiger partial charge in [-0.05, 0) is 61.7 Å². The Bertz CT molecular complexity index is 1470. The maximum Gasteiger partial charge on any atom is 0.490 e. The summed E-state index contributed by atoms with van der Waals surface area (Å²) in [5, 5.41) is 11.8. The molecule has 1 fully saturated rings. The number of amides is 1. The molecule has 4 aromatic rings. The Balaban J connectivity index is 0.000000426. The summed E-state index contributed by atoms with van der Waals surface area (Å²) in [6, 6.07) is 15.8. The molecule has 1 amide bonds. The van der Waals surface area contributed by atoms with E-state index in [2.05, 4.69) is 10.1 Å². The van der Waals surface area contributed by atoms with Crippen molar-refractivity contribution >= 4 is 17.5 Å². The smallest absolute Gasteiger partial charge is 0.475 e. The highest BCUT2D eigenvalue weighted by atomic mass is 19.4. The van der Waals surface area contributed by atoms with E-state index < -0.39 is 12.1 Å². The number of likely N-dealkylation sites (tertiary alicyclic amines) is 1. The van der Waals surface area contributed by atoms with E-state index in [0.29, 0.717) is 18.8 Å². The van der Waals surface area contributed by atoms with Crippen molar-refractivity contribution in [3.63, 3.8) is 0 Å². The summed E-state index contributed by atoms with van der Waals surface area (Å²) < 4.78 is 47.1. The Kier molecular flexibility index (Phi) is 7.70. The number of carboxylic acid groups (broad SMARTS) is 1. The van der Waals surface area contributed by atoms with E-state index in [1.54, 1.807) is 16.6 Å². The summed E-state index contributed by atoms with van der Waals surface area (Å²) in [6.07, 6.45) is -1.39. The van der Waals surface area contributed by atoms with Crippen molar-refractivity contribution in [1.29, 1.82) is 0 Å². The molecule has 12 heteroatoms. The molecule has 0 spiro atoms. The average molecular weight is 529 g/mol. The summed E-state index contributed by atoms with van der Waals surface area (Å²) >= 11 is 0. The summed E-state index contributed by atoms with van der Waals surface area (Å²) in [6.45, 7) is 3.17. The number of halogens is 4. The van der Waals surface area contributed by atoms with Crippen LogP contribution in [0, 0.1) is 12.7 Å². The van der Waals surface area contributed by atoms with E-state index in [-0.39, 0.29) is 17.6 Å². The fourth-order valence-corrected chi connectivity index (χ4v) is 4.11. The third-order valence-corrected chi connectivity index (χ3v) is 5.93. The van der Waals surface area contributed by atoms with Crippen LogP contribution in [0.5, 0.6) is 0 Å². The molecule has 5 rings (SSSR count). The molecule has 0 bridgehead atoms. The van der Waals surface area contributed by atoms with Crippen LogP contribution in [0.25, 0.3) is 16.8 Å². The number of benzene rings is 1. The zero-order valence-electron chi connectivity index (χ0n) is 20.2. The van der Waals surface area contributed by atoms with Gasteiger partial charge in [-0.2, -0.15) is 18.3 Å². The van der Waals surface area contributed by atoms with Gasteiger partial charge < -0.3 is 10.0 Å². The van der Waals surface area contributed by atoms with Crippen LogP contribution < -0.4 is 0 Å². The molecule has 3 aromatic heterocycles. The number of hydrogen-bond acceptors (Lipinski definition) is 5. The third-order valence-electron chi connectivity index (χ3n) is 5.93. The van der Waals surface area contributed by atoms with Crippen LogP contribution in [0.2, 0.25) is 0 Å². The quantitative estimate of drug-likeness (QED) is 0.379. The Morgan fingerprint density at radius 2 is 1.76 bits per heavy atom. The highest BCUT2D eigenvalue weighted by Gasteiger charge is 2.38. The number of aryl methyl sites for hydroxylation is 1. The Hall–Kier alpha value is -4.35. The molecule has 1 saturated heterocycles. The largest absolute Gasteiger partial charge is 0.490 e. The van der Waals surface area contributed by atoms with Crippen molar-refractivity contribution in [3.05, 3.63) is 83.8 Å². The molecule has 0 saturated carbocycles. The number of carbonyl (C=O) groups is 2. The number of carbonyl (C=O) groups excluding carboxylic acids is 1. The van der Waals surface area contributed by atoms with Gasteiger partial charge in [-0.1, -0.05) is 18.2 Å². The molecule has 38 heavy (non-hydrogen) atoms. The zero-order chi connectivity index (χ0) is 27.4. The summed E-state index contributed by atoms with van der Waals surface area (Å²) in [7, 11) is 0. The number of hydrogen-bond donors (Lipinski definition) is 1. The van der Waals surface area contributed by atoms with Gasteiger partial charge >= 0.3 is 12.1 Å². The Morgan fingerprint density at radius 1 is 1.03 bits per heavy atom. The van der Waals surface area contributed by atoms with Crippen molar-refractivity contribution in [1.82, 2.24) is 24.5 Å². The van der Waals surface area contributed by atoms with Crippen molar-refractivity contribution in [2.24, 2.45) is 0 Å². The lowest BCUT2D eigenvalue weighted by atomic mass is 9.97. The third kappa shape index (κ3) is 6.31. The molecule has 8 nitrogen and oxygen atoms in total. The van der Waals surface area contributed by atoms with Crippen LogP contribution in [0.3, 0.4) is 0 Å². The lowest BCUT2D eigenvalue weighted by Gasteiger charge is -2.31. The van der Waals surface area contributed by atoms with Crippen LogP contribution in [0.4, 0.5) is 17.6 Å². The van der Waals surface area contributed by atoms with Gasteiger partial charge in [0, 0.05) is 36.5 Å². The Morgan fingerprint density at radius 3 is 2.45 bits per heavy atom. The molecule has 1 atom stereocenters. The van der Waals surface area contributed by atoms with Gasteiger partial charge in [0.15, 0.2) is 11.5 Å². The number of carboxylic acids is 1. The molecule has 4 heterocycles.